The molecule has 6 heteroatoms. The number of nitrogens with two attached hydrogens (primary N) is 1. The Balaban J connectivity index is 2.19. The van der Waals surface area contributed by atoms with Crippen molar-refractivity contribution in [3.8, 4) is 21.8 Å². The number of hydrogen-bond donors (Lipinski definition) is 1. The van der Waals surface area contributed by atoms with Gasteiger partial charge in [-0.05, 0) is 45.8 Å². The minimum Gasteiger partial charge on any atom is -0.380 e. The van der Waals surface area contributed by atoms with E-state index in [-0.39, 0.29) is 0 Å². The number of rotatable bonds is 2. The van der Waals surface area contributed by atoms with Gasteiger partial charge in [0.1, 0.15) is 0 Å². The lowest BCUT2D eigenvalue weighted by molar-refractivity contribution is 0.437. The van der Waals surface area contributed by atoms with Gasteiger partial charge in [0.25, 0.3) is 0 Å². The minimum absolute atomic E-state index is 0.363. The number of aromatic nitrogens is 1. The molecular formula is C13H8BrClN2OS. The first kappa shape index (κ1) is 12.7. The fraction of sp³-hybridized carbons (Fsp3) is 0. The summed E-state index contributed by atoms with van der Waals surface area (Å²) in [5, 5.41) is 4.51. The number of halogens is 2. The SMILES string of the molecule is Nc1noc(-c2ccc(Br)s2)c1-c1cccc(Cl)c1. The number of hydrogen-bond acceptors (Lipinski definition) is 4. The maximum Gasteiger partial charge on any atom is 0.186 e. The summed E-state index contributed by atoms with van der Waals surface area (Å²) in [6, 6.07) is 11.4. The first-order valence-corrected chi connectivity index (χ1v) is 7.40. The van der Waals surface area contributed by atoms with Crippen LogP contribution < -0.4 is 5.73 Å². The van der Waals surface area contributed by atoms with Crippen LogP contribution in [0.5, 0.6) is 0 Å². The number of nitrogens with zero attached hydrogens (tertiary/aromatic N) is 1. The largest absolute Gasteiger partial charge is 0.380 e. The Bertz CT molecular complexity index is 738. The fourth-order valence-electron chi connectivity index (χ4n) is 1.83. The van der Waals surface area contributed by atoms with E-state index in [0.717, 1.165) is 19.8 Å². The highest BCUT2D eigenvalue weighted by molar-refractivity contribution is 9.11. The van der Waals surface area contributed by atoms with Crippen molar-refractivity contribution in [3.63, 3.8) is 0 Å². The van der Waals surface area contributed by atoms with Gasteiger partial charge in [0.15, 0.2) is 11.6 Å². The summed E-state index contributed by atoms with van der Waals surface area (Å²) in [5.41, 5.74) is 7.58. The monoisotopic (exact) mass is 354 g/mol. The van der Waals surface area contributed by atoms with Crippen molar-refractivity contribution >= 4 is 44.7 Å². The summed E-state index contributed by atoms with van der Waals surface area (Å²) >= 11 is 11.0. The van der Waals surface area contributed by atoms with Gasteiger partial charge in [-0.1, -0.05) is 28.9 Å². The molecule has 0 aliphatic heterocycles. The standard InChI is InChI=1S/C13H8BrClN2OS/c14-10-5-4-9(19-10)12-11(13(16)17-18-12)7-2-1-3-8(15)6-7/h1-6H,(H2,16,17). The third-order valence-electron chi connectivity index (χ3n) is 2.63. The van der Waals surface area contributed by atoms with Gasteiger partial charge in [-0.25, -0.2) is 0 Å². The van der Waals surface area contributed by atoms with E-state index in [1.807, 2.05) is 36.4 Å². The molecule has 3 aromatic rings. The van der Waals surface area contributed by atoms with Gasteiger partial charge in [0.2, 0.25) is 0 Å². The second kappa shape index (κ2) is 5.00. The zero-order valence-electron chi connectivity index (χ0n) is 9.56. The van der Waals surface area contributed by atoms with Crippen LogP contribution in [0.1, 0.15) is 0 Å². The van der Waals surface area contributed by atoms with Crippen LogP contribution in [0.2, 0.25) is 5.02 Å². The summed E-state index contributed by atoms with van der Waals surface area (Å²) in [4.78, 5) is 0.964. The Morgan fingerprint density at radius 3 is 2.79 bits per heavy atom. The van der Waals surface area contributed by atoms with E-state index in [2.05, 4.69) is 21.1 Å². The van der Waals surface area contributed by atoms with Crippen LogP contribution in [0.3, 0.4) is 0 Å². The predicted octanol–water partition coefficient (Wildman–Crippen LogP) is 5.07. The van der Waals surface area contributed by atoms with E-state index >= 15 is 0 Å². The molecule has 0 unspecified atom stereocenters. The van der Waals surface area contributed by atoms with Crippen molar-refractivity contribution < 1.29 is 4.52 Å². The average Bonchev–Trinajstić information content (AvgIpc) is 2.95. The second-order valence-corrected chi connectivity index (χ2v) is 6.79. The third kappa shape index (κ3) is 2.41. The first-order chi connectivity index (χ1) is 9.15. The van der Waals surface area contributed by atoms with Crippen LogP contribution in [0, 0.1) is 0 Å². The van der Waals surface area contributed by atoms with E-state index in [0.29, 0.717) is 16.6 Å². The summed E-state index contributed by atoms with van der Waals surface area (Å²) < 4.78 is 6.38. The van der Waals surface area contributed by atoms with Crippen molar-refractivity contribution in [2.24, 2.45) is 0 Å². The highest BCUT2D eigenvalue weighted by atomic mass is 79.9. The molecule has 0 aliphatic carbocycles. The van der Waals surface area contributed by atoms with Crippen molar-refractivity contribution in [1.29, 1.82) is 0 Å². The molecule has 2 aromatic heterocycles. The quantitative estimate of drug-likeness (QED) is 0.698. The van der Waals surface area contributed by atoms with Crippen LogP contribution in [0.4, 0.5) is 5.82 Å². The van der Waals surface area contributed by atoms with Gasteiger partial charge < -0.3 is 10.3 Å². The molecular weight excluding hydrogens is 348 g/mol. The summed E-state index contributed by atoms with van der Waals surface area (Å²) in [6.45, 7) is 0. The van der Waals surface area contributed by atoms with E-state index in [1.54, 1.807) is 11.3 Å². The van der Waals surface area contributed by atoms with Gasteiger partial charge >= 0.3 is 0 Å². The van der Waals surface area contributed by atoms with Crippen molar-refractivity contribution in [2.45, 2.75) is 0 Å². The smallest absolute Gasteiger partial charge is 0.186 e. The molecule has 0 saturated carbocycles. The molecule has 0 fully saturated rings. The lowest BCUT2D eigenvalue weighted by atomic mass is 10.1. The molecule has 2 N–H and O–H groups in total. The van der Waals surface area contributed by atoms with Crippen LogP contribution in [-0.2, 0) is 0 Å². The highest BCUT2D eigenvalue weighted by Crippen LogP contribution is 2.40. The van der Waals surface area contributed by atoms with Gasteiger partial charge in [-0.3, -0.25) is 0 Å². The van der Waals surface area contributed by atoms with Crippen molar-refractivity contribution in [2.75, 3.05) is 5.73 Å². The second-order valence-electron chi connectivity index (χ2n) is 3.89. The Morgan fingerprint density at radius 1 is 1.26 bits per heavy atom. The highest BCUT2D eigenvalue weighted by Gasteiger charge is 2.19. The lowest BCUT2D eigenvalue weighted by Crippen LogP contribution is -1.88. The molecule has 19 heavy (non-hydrogen) atoms. The molecule has 0 saturated heterocycles. The van der Waals surface area contributed by atoms with Gasteiger partial charge in [-0.2, -0.15) is 0 Å². The number of anilines is 1. The van der Waals surface area contributed by atoms with E-state index in [9.17, 15) is 0 Å². The fourth-order valence-corrected chi connectivity index (χ4v) is 3.39. The lowest BCUT2D eigenvalue weighted by Gasteiger charge is -2.01. The Hall–Kier alpha value is -1.30. The van der Waals surface area contributed by atoms with Crippen LogP contribution in [-0.4, -0.2) is 5.16 Å². The molecule has 0 bridgehead atoms. The minimum atomic E-state index is 0.363. The molecule has 1 aromatic carbocycles. The molecule has 96 valence electrons. The summed E-state index contributed by atoms with van der Waals surface area (Å²) in [6.07, 6.45) is 0. The Morgan fingerprint density at radius 2 is 2.11 bits per heavy atom. The maximum atomic E-state index is 6.02. The van der Waals surface area contributed by atoms with Gasteiger partial charge in [-0.15, -0.1) is 11.3 Å². The van der Waals surface area contributed by atoms with E-state index < -0.39 is 0 Å². The average molecular weight is 356 g/mol. The Kier molecular flexibility index (Phi) is 3.35. The third-order valence-corrected chi connectivity index (χ3v) is 4.49. The van der Waals surface area contributed by atoms with Crippen molar-refractivity contribution in [1.82, 2.24) is 5.16 Å². The summed E-state index contributed by atoms with van der Waals surface area (Å²) in [7, 11) is 0. The van der Waals surface area contributed by atoms with Crippen LogP contribution in [0.15, 0.2) is 44.7 Å². The normalized spacial score (nSPS) is 10.8. The molecule has 0 aliphatic rings. The molecule has 2 heterocycles. The zero-order chi connectivity index (χ0) is 13.4. The molecule has 0 atom stereocenters. The molecule has 0 radical (unpaired) electrons. The molecule has 0 amide bonds. The topological polar surface area (TPSA) is 52.0 Å². The molecule has 3 rings (SSSR count). The van der Waals surface area contributed by atoms with Gasteiger partial charge in [0.05, 0.1) is 14.2 Å². The van der Waals surface area contributed by atoms with Gasteiger partial charge in [0, 0.05) is 5.02 Å². The predicted molar refractivity (Wildman–Crippen MR) is 82.4 cm³/mol. The first-order valence-electron chi connectivity index (χ1n) is 5.42. The van der Waals surface area contributed by atoms with Crippen LogP contribution >= 0.6 is 38.9 Å². The van der Waals surface area contributed by atoms with E-state index in [4.69, 9.17) is 21.9 Å². The number of benzene rings is 1. The summed E-state index contributed by atoms with van der Waals surface area (Å²) in [5.74, 6) is 1.03. The Labute approximate surface area is 127 Å². The van der Waals surface area contributed by atoms with Crippen molar-refractivity contribution in [3.05, 3.63) is 45.2 Å². The molecule has 3 nitrogen and oxygen atoms in total. The number of nitrogen functional groups attached to an aromatic ring is 1. The molecule has 0 spiro atoms. The zero-order valence-corrected chi connectivity index (χ0v) is 12.7. The maximum absolute atomic E-state index is 6.02. The van der Waals surface area contributed by atoms with E-state index in [1.165, 1.54) is 0 Å². The number of thiophene rings is 1. The van der Waals surface area contributed by atoms with Crippen LogP contribution in [0.25, 0.3) is 21.8 Å².